The highest BCUT2D eigenvalue weighted by Gasteiger charge is 2.34. The van der Waals surface area contributed by atoms with Gasteiger partial charge in [-0.05, 0) is 36.5 Å². The molecular weight excluding hydrogens is 372 g/mol. The lowest BCUT2D eigenvalue weighted by Crippen LogP contribution is -2.46. The van der Waals surface area contributed by atoms with E-state index in [-0.39, 0.29) is 23.5 Å². The highest BCUT2D eigenvalue weighted by molar-refractivity contribution is 6.40. The summed E-state index contributed by atoms with van der Waals surface area (Å²) in [7, 11) is 0. The van der Waals surface area contributed by atoms with E-state index in [9.17, 15) is 14.7 Å². The fourth-order valence-electron chi connectivity index (χ4n) is 3.77. The Hall–Kier alpha value is -3.62. The molecule has 0 aliphatic carbocycles. The molecular formula is C20H22N6O3. The number of nitrogens with one attached hydrogen (secondary N) is 2. The van der Waals surface area contributed by atoms with Crippen molar-refractivity contribution in [2.24, 2.45) is 5.92 Å². The number of aromatic amines is 1. The molecule has 1 aromatic carbocycles. The van der Waals surface area contributed by atoms with Crippen LogP contribution in [0.1, 0.15) is 31.4 Å². The summed E-state index contributed by atoms with van der Waals surface area (Å²) in [5.74, 6) is -0.620. The Morgan fingerprint density at radius 3 is 2.76 bits per heavy atom. The number of nitrogens with zero attached hydrogens (tertiary/aromatic N) is 3. The molecule has 2 atom stereocenters. The number of nitrogens with two attached hydrogens (primary N) is 1. The van der Waals surface area contributed by atoms with Crippen molar-refractivity contribution in [1.29, 1.82) is 0 Å². The summed E-state index contributed by atoms with van der Waals surface area (Å²) >= 11 is 0. The van der Waals surface area contributed by atoms with E-state index in [1.165, 1.54) is 12.4 Å². The van der Waals surface area contributed by atoms with Crippen LogP contribution in [-0.4, -0.2) is 43.5 Å². The van der Waals surface area contributed by atoms with Gasteiger partial charge in [0.1, 0.15) is 11.6 Å². The zero-order valence-corrected chi connectivity index (χ0v) is 15.9. The normalized spacial score (nSPS) is 19.3. The Balaban J connectivity index is 1.58. The lowest BCUT2D eigenvalue weighted by molar-refractivity contribution is -0.146. The molecule has 0 saturated carbocycles. The standard InChI is InChI=1S/C20H22N6O3/c1-11-2-7-16(12-3-5-13(27)6-4-12)26(10-11)20(29)19(28)24-15-9-22-18(21)14-8-23-25-17(14)15/h3-6,8-9,11,16,27H,2,7,10H2,1H3,(H2,21,22)(H,23,25)(H,24,28). The van der Waals surface area contributed by atoms with Crippen LogP contribution in [0.5, 0.6) is 5.75 Å². The average Bonchev–Trinajstić information content (AvgIpc) is 3.21. The molecule has 3 heterocycles. The second-order valence-corrected chi connectivity index (χ2v) is 7.42. The van der Waals surface area contributed by atoms with Crippen molar-refractivity contribution >= 4 is 34.2 Å². The number of phenols is 1. The SMILES string of the molecule is CC1CCC(c2ccc(O)cc2)N(C(=O)C(=O)Nc2cnc(N)c3cn[nH]c23)C1. The highest BCUT2D eigenvalue weighted by Crippen LogP contribution is 2.34. The summed E-state index contributed by atoms with van der Waals surface area (Å²) in [4.78, 5) is 31.4. The van der Waals surface area contributed by atoms with Crippen molar-refractivity contribution in [3.05, 3.63) is 42.2 Å². The van der Waals surface area contributed by atoms with Gasteiger partial charge in [-0.2, -0.15) is 5.10 Å². The quantitative estimate of drug-likeness (QED) is 0.492. The van der Waals surface area contributed by atoms with E-state index in [4.69, 9.17) is 5.73 Å². The van der Waals surface area contributed by atoms with Crippen molar-refractivity contribution in [3.63, 3.8) is 0 Å². The first-order valence-corrected chi connectivity index (χ1v) is 9.42. The van der Waals surface area contributed by atoms with Crippen molar-refractivity contribution in [2.75, 3.05) is 17.6 Å². The maximum atomic E-state index is 13.0. The molecule has 2 unspecified atom stereocenters. The molecule has 1 aliphatic rings. The van der Waals surface area contributed by atoms with Gasteiger partial charge in [0.2, 0.25) is 0 Å². The molecule has 5 N–H and O–H groups in total. The lowest BCUT2D eigenvalue weighted by atomic mass is 9.90. The highest BCUT2D eigenvalue weighted by atomic mass is 16.3. The van der Waals surface area contributed by atoms with Crippen LogP contribution in [-0.2, 0) is 9.59 Å². The number of anilines is 2. The molecule has 0 spiro atoms. The summed E-state index contributed by atoms with van der Waals surface area (Å²) in [6.07, 6.45) is 4.62. The van der Waals surface area contributed by atoms with E-state index in [0.29, 0.717) is 23.1 Å². The van der Waals surface area contributed by atoms with Gasteiger partial charge in [-0.3, -0.25) is 14.7 Å². The number of pyridine rings is 1. The molecule has 0 radical (unpaired) electrons. The zero-order valence-electron chi connectivity index (χ0n) is 15.9. The number of H-pyrrole nitrogens is 1. The van der Waals surface area contributed by atoms with Crippen LogP contribution in [0.3, 0.4) is 0 Å². The van der Waals surface area contributed by atoms with Crippen molar-refractivity contribution < 1.29 is 14.7 Å². The minimum Gasteiger partial charge on any atom is -0.508 e. The minimum absolute atomic E-state index is 0.160. The fourth-order valence-corrected chi connectivity index (χ4v) is 3.77. The number of likely N-dealkylation sites (tertiary alicyclic amines) is 1. The summed E-state index contributed by atoms with van der Waals surface area (Å²) in [5, 5.41) is 19.4. The molecule has 2 amide bonds. The van der Waals surface area contributed by atoms with Gasteiger partial charge < -0.3 is 21.1 Å². The van der Waals surface area contributed by atoms with Gasteiger partial charge in [0.15, 0.2) is 0 Å². The number of benzene rings is 1. The van der Waals surface area contributed by atoms with E-state index in [1.54, 1.807) is 29.2 Å². The van der Waals surface area contributed by atoms with E-state index < -0.39 is 11.8 Å². The third kappa shape index (κ3) is 3.58. The number of hydrogen-bond acceptors (Lipinski definition) is 6. The number of aromatic nitrogens is 3. The van der Waals surface area contributed by atoms with Crippen molar-refractivity contribution in [2.45, 2.75) is 25.8 Å². The molecule has 1 fully saturated rings. The third-order valence-corrected chi connectivity index (χ3v) is 5.32. The van der Waals surface area contributed by atoms with E-state index in [2.05, 4.69) is 27.4 Å². The summed E-state index contributed by atoms with van der Waals surface area (Å²) < 4.78 is 0. The van der Waals surface area contributed by atoms with E-state index in [1.807, 2.05) is 0 Å². The Bertz CT molecular complexity index is 1060. The van der Waals surface area contributed by atoms with Crippen LogP contribution in [0.2, 0.25) is 0 Å². The number of carbonyl (C=O) groups excluding carboxylic acids is 2. The second kappa shape index (κ2) is 7.42. The maximum absolute atomic E-state index is 13.0. The first kappa shape index (κ1) is 18.7. The molecule has 4 rings (SSSR count). The molecule has 3 aromatic rings. The predicted molar refractivity (Wildman–Crippen MR) is 108 cm³/mol. The van der Waals surface area contributed by atoms with Crippen molar-refractivity contribution in [1.82, 2.24) is 20.1 Å². The number of amides is 2. The van der Waals surface area contributed by atoms with Gasteiger partial charge >= 0.3 is 11.8 Å². The first-order chi connectivity index (χ1) is 13.9. The molecule has 1 saturated heterocycles. The van der Waals surface area contributed by atoms with Gasteiger partial charge in [0, 0.05) is 6.54 Å². The summed E-state index contributed by atoms with van der Waals surface area (Å²) in [6.45, 7) is 2.54. The number of carbonyl (C=O) groups is 2. The lowest BCUT2D eigenvalue weighted by Gasteiger charge is -2.38. The number of fused-ring (bicyclic) bond motifs is 1. The van der Waals surface area contributed by atoms with Crippen LogP contribution < -0.4 is 11.1 Å². The van der Waals surface area contributed by atoms with Crippen molar-refractivity contribution in [3.8, 4) is 5.75 Å². The average molecular weight is 394 g/mol. The fraction of sp³-hybridized carbons (Fsp3) is 0.300. The van der Waals surface area contributed by atoms with Gasteiger partial charge in [0.05, 0.1) is 35.0 Å². The summed E-state index contributed by atoms with van der Waals surface area (Å²) in [6, 6.07) is 6.52. The monoisotopic (exact) mass is 394 g/mol. The molecule has 1 aliphatic heterocycles. The number of piperidine rings is 1. The van der Waals surface area contributed by atoms with Crippen LogP contribution in [0.4, 0.5) is 11.5 Å². The zero-order chi connectivity index (χ0) is 20.5. The number of nitrogen functional groups attached to an aromatic ring is 1. The van der Waals surface area contributed by atoms with Gasteiger partial charge in [-0.25, -0.2) is 4.98 Å². The van der Waals surface area contributed by atoms with Crippen LogP contribution in [0, 0.1) is 5.92 Å². The molecule has 9 nitrogen and oxygen atoms in total. The van der Waals surface area contributed by atoms with Gasteiger partial charge in [-0.1, -0.05) is 19.1 Å². The van der Waals surface area contributed by atoms with Crippen LogP contribution in [0.15, 0.2) is 36.7 Å². The topological polar surface area (TPSA) is 137 Å². The molecule has 150 valence electrons. The molecule has 9 heteroatoms. The number of aromatic hydroxyl groups is 1. The third-order valence-electron chi connectivity index (χ3n) is 5.32. The maximum Gasteiger partial charge on any atom is 0.314 e. The Labute approximate surface area is 166 Å². The first-order valence-electron chi connectivity index (χ1n) is 9.42. The number of phenolic OH excluding ortho intramolecular Hbond substituents is 1. The van der Waals surface area contributed by atoms with Gasteiger partial charge in [-0.15, -0.1) is 0 Å². The Kier molecular flexibility index (Phi) is 4.79. The van der Waals surface area contributed by atoms with Gasteiger partial charge in [0.25, 0.3) is 0 Å². The van der Waals surface area contributed by atoms with E-state index in [0.717, 1.165) is 18.4 Å². The van der Waals surface area contributed by atoms with Crippen LogP contribution >= 0.6 is 0 Å². The van der Waals surface area contributed by atoms with E-state index >= 15 is 0 Å². The van der Waals surface area contributed by atoms with Crippen LogP contribution in [0.25, 0.3) is 10.9 Å². The molecule has 2 aromatic heterocycles. The Morgan fingerprint density at radius 1 is 1.24 bits per heavy atom. The number of rotatable bonds is 2. The Morgan fingerprint density at radius 2 is 2.00 bits per heavy atom. The molecule has 29 heavy (non-hydrogen) atoms. The molecule has 0 bridgehead atoms. The second-order valence-electron chi connectivity index (χ2n) is 7.42. The number of hydrogen-bond donors (Lipinski definition) is 4. The predicted octanol–water partition coefficient (Wildman–Crippen LogP) is 2.18. The largest absolute Gasteiger partial charge is 0.508 e. The summed E-state index contributed by atoms with van der Waals surface area (Å²) in [5.41, 5.74) is 7.56. The minimum atomic E-state index is -0.745. The smallest absolute Gasteiger partial charge is 0.314 e.